The molecule has 0 bridgehead atoms. The highest BCUT2D eigenvalue weighted by Crippen LogP contribution is 2.18. The van der Waals surface area contributed by atoms with Crippen molar-refractivity contribution < 1.29 is 14.3 Å². The molecule has 1 aromatic rings. The van der Waals surface area contributed by atoms with E-state index in [2.05, 4.69) is 17.1 Å². The summed E-state index contributed by atoms with van der Waals surface area (Å²) < 4.78 is 11.9. The van der Waals surface area contributed by atoms with Crippen LogP contribution in [0.25, 0.3) is 0 Å². The molecule has 0 radical (unpaired) electrons. The highest BCUT2D eigenvalue weighted by Gasteiger charge is 2.23. The summed E-state index contributed by atoms with van der Waals surface area (Å²) in [6.07, 6.45) is 6.10. The third kappa shape index (κ3) is 7.70. The van der Waals surface area contributed by atoms with E-state index in [4.69, 9.17) is 20.2 Å². The van der Waals surface area contributed by atoms with Gasteiger partial charge in [0.1, 0.15) is 0 Å². The van der Waals surface area contributed by atoms with Crippen molar-refractivity contribution in [2.45, 2.75) is 57.8 Å². The van der Waals surface area contributed by atoms with Crippen LogP contribution in [0.2, 0.25) is 0 Å². The van der Waals surface area contributed by atoms with E-state index < -0.39 is 5.91 Å². The van der Waals surface area contributed by atoms with Crippen molar-refractivity contribution in [3.8, 4) is 0 Å². The average Bonchev–Trinajstić information content (AvgIpc) is 2.76. The molecule has 2 aliphatic rings. The molecule has 30 heavy (non-hydrogen) atoms. The van der Waals surface area contributed by atoms with Gasteiger partial charge in [0, 0.05) is 31.8 Å². The summed E-state index contributed by atoms with van der Waals surface area (Å²) in [7, 11) is 0. The van der Waals surface area contributed by atoms with Crippen molar-refractivity contribution in [2.75, 3.05) is 32.8 Å². The van der Waals surface area contributed by atoms with E-state index in [1.165, 1.54) is 12.8 Å². The summed E-state index contributed by atoms with van der Waals surface area (Å²) in [5, 5.41) is 3.38. The van der Waals surface area contributed by atoms with Gasteiger partial charge in [-0.25, -0.2) is 4.99 Å². The number of likely N-dealkylation sites (tertiary alicyclic amines) is 1. The highest BCUT2D eigenvalue weighted by atomic mass is 127. The number of carbonyl (C=O) groups excluding carboxylic acids is 1. The van der Waals surface area contributed by atoms with Crippen LogP contribution in [-0.2, 0) is 16.0 Å². The topological polar surface area (TPSA) is 89.2 Å². The first-order valence-corrected chi connectivity index (χ1v) is 10.8. The maximum atomic E-state index is 11.4. The molecule has 2 aliphatic heterocycles. The molecule has 3 N–H and O–H groups in total. The lowest BCUT2D eigenvalue weighted by molar-refractivity contribution is -0.0721. The number of amides is 1. The van der Waals surface area contributed by atoms with Crippen LogP contribution in [0.5, 0.6) is 0 Å². The van der Waals surface area contributed by atoms with E-state index in [1.54, 1.807) is 6.07 Å². The number of nitrogens with one attached hydrogen (secondary N) is 1. The summed E-state index contributed by atoms with van der Waals surface area (Å²) in [4.78, 5) is 18.4. The molecule has 8 heteroatoms. The van der Waals surface area contributed by atoms with E-state index >= 15 is 0 Å². The van der Waals surface area contributed by atoms with Gasteiger partial charge < -0.3 is 25.4 Å². The summed E-state index contributed by atoms with van der Waals surface area (Å²) >= 11 is 0. The predicted molar refractivity (Wildman–Crippen MR) is 129 cm³/mol. The van der Waals surface area contributed by atoms with Crippen LogP contribution in [0, 0.1) is 0 Å². The normalized spacial score (nSPS) is 20.5. The Labute approximate surface area is 196 Å². The molecule has 1 aromatic carbocycles. The van der Waals surface area contributed by atoms with Crippen molar-refractivity contribution in [3.05, 3.63) is 35.4 Å². The molecule has 1 unspecified atom stereocenters. The number of hydrogen-bond donors (Lipinski definition) is 2. The minimum Gasteiger partial charge on any atom is -0.376 e. The number of carbonyl (C=O) groups is 1. The molecule has 2 saturated heterocycles. The molecular weight excluding hydrogens is 495 g/mol. The predicted octanol–water partition coefficient (Wildman–Crippen LogP) is 2.92. The first kappa shape index (κ1) is 24.9. The number of benzene rings is 1. The number of primary amides is 1. The third-order valence-corrected chi connectivity index (χ3v) is 5.49. The molecule has 168 valence electrons. The Morgan fingerprint density at radius 1 is 1.30 bits per heavy atom. The van der Waals surface area contributed by atoms with Gasteiger partial charge in [-0.2, -0.15) is 0 Å². The van der Waals surface area contributed by atoms with Crippen LogP contribution in [0.4, 0.5) is 0 Å². The van der Waals surface area contributed by atoms with Crippen LogP contribution in [0.3, 0.4) is 0 Å². The molecule has 0 aliphatic carbocycles. The van der Waals surface area contributed by atoms with Crippen LogP contribution < -0.4 is 11.1 Å². The number of piperidine rings is 1. The molecule has 1 amide bonds. The van der Waals surface area contributed by atoms with E-state index in [0.717, 1.165) is 63.6 Å². The number of hydrogen-bond acceptors (Lipinski definition) is 4. The second kappa shape index (κ2) is 13.1. The van der Waals surface area contributed by atoms with E-state index in [9.17, 15) is 4.79 Å². The lowest BCUT2D eigenvalue weighted by atomic mass is 10.1. The number of nitrogens with zero attached hydrogens (tertiary/aromatic N) is 2. The van der Waals surface area contributed by atoms with Crippen LogP contribution in [0.15, 0.2) is 29.3 Å². The average molecular weight is 530 g/mol. The maximum absolute atomic E-state index is 11.4. The third-order valence-electron chi connectivity index (χ3n) is 5.49. The summed E-state index contributed by atoms with van der Waals surface area (Å²) in [6.45, 7) is 6.83. The fraction of sp³-hybridized carbons (Fsp3) is 0.636. The highest BCUT2D eigenvalue weighted by molar-refractivity contribution is 14.0. The standard InChI is InChI=1S/C22H34N4O3.HI/c1-2-24-22(25-15-17-6-5-7-18(14-17)21(23)27)26-11-9-19(10-12-26)29-16-20-8-3-4-13-28-20;/h5-7,14,19-20H,2-4,8-13,15-16H2,1H3,(H2,23,27)(H,24,25);1H. The van der Waals surface area contributed by atoms with Crippen molar-refractivity contribution in [3.63, 3.8) is 0 Å². The minimum absolute atomic E-state index is 0. The zero-order chi connectivity index (χ0) is 20.5. The molecule has 0 spiro atoms. The second-order valence-electron chi connectivity index (χ2n) is 7.74. The number of rotatable bonds is 7. The summed E-state index contributed by atoms with van der Waals surface area (Å²) in [6, 6.07) is 7.34. The van der Waals surface area contributed by atoms with Gasteiger partial charge in [0.25, 0.3) is 0 Å². The Kier molecular flexibility index (Phi) is 10.9. The van der Waals surface area contributed by atoms with Crippen LogP contribution in [0.1, 0.15) is 54.9 Å². The van der Waals surface area contributed by atoms with E-state index in [-0.39, 0.29) is 30.1 Å². The fourth-order valence-electron chi connectivity index (χ4n) is 3.83. The van der Waals surface area contributed by atoms with Crippen molar-refractivity contribution in [2.24, 2.45) is 10.7 Å². The van der Waals surface area contributed by atoms with E-state index in [0.29, 0.717) is 18.2 Å². The summed E-state index contributed by atoms with van der Waals surface area (Å²) in [5.41, 5.74) is 6.86. The first-order valence-electron chi connectivity index (χ1n) is 10.8. The lowest BCUT2D eigenvalue weighted by Gasteiger charge is -2.35. The smallest absolute Gasteiger partial charge is 0.248 e. The Morgan fingerprint density at radius 3 is 2.77 bits per heavy atom. The van der Waals surface area contributed by atoms with Crippen molar-refractivity contribution in [1.82, 2.24) is 10.2 Å². The van der Waals surface area contributed by atoms with Gasteiger partial charge in [0.05, 0.1) is 25.4 Å². The Bertz CT molecular complexity index is 687. The maximum Gasteiger partial charge on any atom is 0.248 e. The lowest BCUT2D eigenvalue weighted by Crippen LogP contribution is -2.47. The van der Waals surface area contributed by atoms with Gasteiger partial charge in [0.15, 0.2) is 5.96 Å². The van der Waals surface area contributed by atoms with Crippen molar-refractivity contribution >= 4 is 35.8 Å². The molecule has 2 fully saturated rings. The van der Waals surface area contributed by atoms with Crippen molar-refractivity contribution in [1.29, 1.82) is 0 Å². The number of halogens is 1. The SMILES string of the molecule is CCNC(=NCc1cccc(C(N)=O)c1)N1CCC(OCC2CCCCO2)CC1.I. The molecule has 1 atom stereocenters. The largest absolute Gasteiger partial charge is 0.376 e. The molecule has 7 nitrogen and oxygen atoms in total. The number of nitrogens with two attached hydrogens (primary N) is 1. The summed E-state index contributed by atoms with van der Waals surface area (Å²) in [5.74, 6) is 0.495. The van der Waals surface area contributed by atoms with Crippen LogP contribution in [-0.4, -0.2) is 61.8 Å². The van der Waals surface area contributed by atoms with Gasteiger partial charge in [-0.05, 0) is 56.7 Å². The molecule has 0 saturated carbocycles. The molecule has 2 heterocycles. The van der Waals surface area contributed by atoms with Gasteiger partial charge in [-0.15, -0.1) is 24.0 Å². The Morgan fingerprint density at radius 2 is 2.10 bits per heavy atom. The quantitative estimate of drug-likeness (QED) is 0.322. The monoisotopic (exact) mass is 530 g/mol. The number of ether oxygens (including phenoxy) is 2. The van der Waals surface area contributed by atoms with Gasteiger partial charge in [-0.1, -0.05) is 12.1 Å². The molecule has 0 aromatic heterocycles. The molecule has 3 rings (SSSR count). The number of guanidine groups is 1. The van der Waals surface area contributed by atoms with E-state index in [1.807, 2.05) is 18.2 Å². The van der Waals surface area contributed by atoms with Gasteiger partial charge >= 0.3 is 0 Å². The van der Waals surface area contributed by atoms with Crippen LogP contribution >= 0.6 is 24.0 Å². The van der Waals surface area contributed by atoms with Gasteiger partial charge in [0.2, 0.25) is 5.91 Å². The van der Waals surface area contributed by atoms with Gasteiger partial charge in [-0.3, -0.25) is 4.79 Å². The zero-order valence-electron chi connectivity index (χ0n) is 17.8. The minimum atomic E-state index is -0.413. The Balaban J connectivity index is 0.00000320. The second-order valence-corrected chi connectivity index (χ2v) is 7.74. The molecular formula is C22H35IN4O3. The number of aliphatic imine (C=N–C) groups is 1. The Hall–Kier alpha value is -1.39. The fourth-order valence-corrected chi connectivity index (χ4v) is 3.83. The first-order chi connectivity index (χ1) is 14.2. The zero-order valence-corrected chi connectivity index (χ0v) is 20.2.